The minimum Gasteiger partial charge on any atom is -0.465 e. The Balaban J connectivity index is 1.94. The van der Waals surface area contributed by atoms with Crippen LogP contribution in [0.25, 0.3) is 5.65 Å². The molecule has 1 aliphatic heterocycles. The number of nitrogens with zero attached hydrogens (tertiary/aromatic N) is 4. The van der Waals surface area contributed by atoms with E-state index in [0.29, 0.717) is 11.2 Å². The number of likely N-dealkylation sites (tertiary alicyclic amines) is 1. The lowest BCUT2D eigenvalue weighted by Crippen LogP contribution is -2.43. The van der Waals surface area contributed by atoms with Gasteiger partial charge in [0, 0.05) is 37.7 Å². The summed E-state index contributed by atoms with van der Waals surface area (Å²) < 4.78 is 16.7. The van der Waals surface area contributed by atoms with Gasteiger partial charge in [0.05, 0.1) is 0 Å². The van der Waals surface area contributed by atoms with Crippen molar-refractivity contribution in [1.82, 2.24) is 19.5 Å². The SMILES string of the molecule is Cc1cc2ncnn2cc1C1(F)CCN(C(=O)O)CC1. The molecule has 0 aliphatic carbocycles. The first-order chi connectivity index (χ1) is 9.49. The molecule has 3 heterocycles. The molecule has 1 N–H and O–H groups in total. The summed E-state index contributed by atoms with van der Waals surface area (Å²) in [6.45, 7) is 2.26. The summed E-state index contributed by atoms with van der Waals surface area (Å²) in [6, 6.07) is 1.80. The molecular weight excluding hydrogens is 263 g/mol. The molecule has 1 amide bonds. The highest BCUT2D eigenvalue weighted by Gasteiger charge is 2.39. The van der Waals surface area contributed by atoms with Crippen molar-refractivity contribution < 1.29 is 14.3 Å². The molecule has 1 saturated heterocycles. The van der Waals surface area contributed by atoms with Gasteiger partial charge in [-0.1, -0.05) is 0 Å². The van der Waals surface area contributed by atoms with Gasteiger partial charge in [-0.05, 0) is 18.6 Å². The molecule has 0 saturated carbocycles. The molecule has 0 bridgehead atoms. The van der Waals surface area contributed by atoms with Crippen molar-refractivity contribution >= 4 is 11.7 Å². The first-order valence-electron chi connectivity index (χ1n) is 6.47. The quantitative estimate of drug-likeness (QED) is 0.865. The number of carboxylic acid groups (broad SMARTS) is 1. The third-order valence-electron chi connectivity index (χ3n) is 3.93. The predicted octanol–water partition coefficient (Wildman–Crippen LogP) is 1.98. The number of piperidine rings is 1. The number of amides is 1. The van der Waals surface area contributed by atoms with Crippen LogP contribution in [-0.2, 0) is 5.67 Å². The van der Waals surface area contributed by atoms with Crippen LogP contribution in [0.5, 0.6) is 0 Å². The Kier molecular flexibility index (Phi) is 2.84. The summed E-state index contributed by atoms with van der Waals surface area (Å²) in [6.07, 6.45) is 2.43. The van der Waals surface area contributed by atoms with Gasteiger partial charge in [-0.3, -0.25) is 0 Å². The minimum atomic E-state index is -1.50. The molecular formula is C13H15FN4O2. The fourth-order valence-corrected chi connectivity index (χ4v) is 2.75. The number of fused-ring (bicyclic) bond motifs is 1. The molecule has 0 spiro atoms. The number of alkyl halides is 1. The highest BCUT2D eigenvalue weighted by Crippen LogP contribution is 2.38. The molecule has 106 valence electrons. The highest BCUT2D eigenvalue weighted by molar-refractivity contribution is 5.65. The molecule has 7 heteroatoms. The Hall–Kier alpha value is -2.18. The standard InChI is InChI=1S/C13H15FN4O2/c1-9-6-11-15-8-16-18(11)7-10(9)13(14)2-4-17(5-3-13)12(19)20/h6-8H,2-5H2,1H3,(H,19,20). The number of halogens is 1. The zero-order valence-corrected chi connectivity index (χ0v) is 11.1. The number of hydrogen-bond acceptors (Lipinski definition) is 3. The topological polar surface area (TPSA) is 70.7 Å². The van der Waals surface area contributed by atoms with Gasteiger partial charge < -0.3 is 10.0 Å². The summed E-state index contributed by atoms with van der Waals surface area (Å²) in [7, 11) is 0. The molecule has 3 rings (SSSR count). The normalized spacial score (nSPS) is 18.4. The Morgan fingerprint density at radius 2 is 2.15 bits per heavy atom. The molecule has 0 unspecified atom stereocenters. The summed E-state index contributed by atoms with van der Waals surface area (Å²) in [5.41, 5.74) is 0.561. The zero-order valence-electron chi connectivity index (χ0n) is 11.1. The molecule has 6 nitrogen and oxygen atoms in total. The lowest BCUT2D eigenvalue weighted by atomic mass is 9.85. The monoisotopic (exact) mass is 278 g/mol. The van der Waals surface area contributed by atoms with Crippen LogP contribution >= 0.6 is 0 Å². The van der Waals surface area contributed by atoms with Crippen molar-refractivity contribution in [3.8, 4) is 0 Å². The van der Waals surface area contributed by atoms with E-state index >= 15 is 4.39 Å². The summed E-state index contributed by atoms with van der Waals surface area (Å²) in [5.74, 6) is 0. The molecule has 0 radical (unpaired) electrons. The van der Waals surface area contributed by atoms with Crippen LogP contribution in [-0.4, -0.2) is 43.8 Å². The van der Waals surface area contributed by atoms with E-state index in [-0.39, 0.29) is 25.9 Å². The molecule has 20 heavy (non-hydrogen) atoms. The number of hydrogen-bond donors (Lipinski definition) is 1. The van der Waals surface area contributed by atoms with Crippen LogP contribution in [0, 0.1) is 6.92 Å². The van der Waals surface area contributed by atoms with Crippen molar-refractivity contribution in [3.63, 3.8) is 0 Å². The number of aryl methyl sites for hydroxylation is 1. The van der Waals surface area contributed by atoms with Gasteiger partial charge in [-0.15, -0.1) is 0 Å². The fourth-order valence-electron chi connectivity index (χ4n) is 2.75. The van der Waals surface area contributed by atoms with E-state index in [2.05, 4.69) is 10.1 Å². The van der Waals surface area contributed by atoms with Crippen LogP contribution in [0.2, 0.25) is 0 Å². The second-order valence-corrected chi connectivity index (χ2v) is 5.17. The third-order valence-corrected chi connectivity index (χ3v) is 3.93. The number of aromatic nitrogens is 3. The van der Waals surface area contributed by atoms with E-state index in [9.17, 15) is 4.79 Å². The van der Waals surface area contributed by atoms with Gasteiger partial charge in [0.2, 0.25) is 0 Å². The van der Waals surface area contributed by atoms with Crippen molar-refractivity contribution in [3.05, 3.63) is 29.7 Å². The predicted molar refractivity (Wildman–Crippen MR) is 69.3 cm³/mol. The third kappa shape index (κ3) is 1.99. The van der Waals surface area contributed by atoms with E-state index in [0.717, 1.165) is 5.56 Å². The van der Waals surface area contributed by atoms with Gasteiger partial charge in [-0.25, -0.2) is 18.7 Å². The number of carbonyl (C=O) groups is 1. The van der Waals surface area contributed by atoms with Crippen LogP contribution in [0.3, 0.4) is 0 Å². The summed E-state index contributed by atoms with van der Waals surface area (Å²) in [5, 5.41) is 13.0. The number of pyridine rings is 1. The van der Waals surface area contributed by atoms with E-state index < -0.39 is 11.8 Å². The Morgan fingerprint density at radius 3 is 2.80 bits per heavy atom. The zero-order chi connectivity index (χ0) is 14.3. The van der Waals surface area contributed by atoms with E-state index in [1.807, 2.05) is 6.92 Å². The van der Waals surface area contributed by atoms with Gasteiger partial charge in [-0.2, -0.15) is 5.10 Å². The maximum Gasteiger partial charge on any atom is 0.407 e. The average Bonchev–Trinajstić information content (AvgIpc) is 2.85. The Labute approximate surface area is 114 Å². The van der Waals surface area contributed by atoms with Gasteiger partial charge >= 0.3 is 6.09 Å². The van der Waals surface area contributed by atoms with E-state index in [1.54, 1.807) is 16.8 Å². The Bertz CT molecular complexity index is 661. The summed E-state index contributed by atoms with van der Waals surface area (Å²) >= 11 is 0. The largest absolute Gasteiger partial charge is 0.465 e. The van der Waals surface area contributed by atoms with Gasteiger partial charge in [0.15, 0.2) is 5.65 Å². The second-order valence-electron chi connectivity index (χ2n) is 5.17. The second kappa shape index (κ2) is 4.43. The first kappa shape index (κ1) is 12.8. The molecule has 1 aliphatic rings. The van der Waals surface area contributed by atoms with Crippen LogP contribution < -0.4 is 0 Å². The smallest absolute Gasteiger partial charge is 0.407 e. The molecule has 2 aromatic heterocycles. The lowest BCUT2D eigenvalue weighted by molar-refractivity contribution is 0.0544. The maximum absolute atomic E-state index is 15.2. The highest BCUT2D eigenvalue weighted by atomic mass is 19.1. The molecule has 1 fully saturated rings. The number of rotatable bonds is 1. The molecule has 0 aromatic carbocycles. The average molecular weight is 278 g/mol. The van der Waals surface area contributed by atoms with Crippen molar-refractivity contribution in [2.75, 3.05) is 13.1 Å². The van der Waals surface area contributed by atoms with Crippen molar-refractivity contribution in [1.29, 1.82) is 0 Å². The van der Waals surface area contributed by atoms with Gasteiger partial charge in [0.25, 0.3) is 0 Å². The maximum atomic E-state index is 15.2. The minimum absolute atomic E-state index is 0.167. The van der Waals surface area contributed by atoms with Crippen molar-refractivity contribution in [2.45, 2.75) is 25.4 Å². The fraction of sp³-hybridized carbons (Fsp3) is 0.462. The molecule has 2 aromatic rings. The van der Waals surface area contributed by atoms with Crippen LogP contribution in [0.15, 0.2) is 18.6 Å². The van der Waals surface area contributed by atoms with Crippen molar-refractivity contribution in [2.24, 2.45) is 0 Å². The lowest BCUT2D eigenvalue weighted by Gasteiger charge is -2.35. The van der Waals surface area contributed by atoms with E-state index in [4.69, 9.17) is 5.11 Å². The van der Waals surface area contributed by atoms with Crippen LogP contribution in [0.4, 0.5) is 9.18 Å². The summed E-state index contributed by atoms with van der Waals surface area (Å²) in [4.78, 5) is 16.2. The Morgan fingerprint density at radius 1 is 1.45 bits per heavy atom. The van der Waals surface area contributed by atoms with E-state index in [1.165, 1.54) is 11.2 Å². The first-order valence-corrected chi connectivity index (χ1v) is 6.47. The van der Waals surface area contributed by atoms with Crippen LogP contribution in [0.1, 0.15) is 24.0 Å². The molecule has 0 atom stereocenters. The van der Waals surface area contributed by atoms with Gasteiger partial charge in [0.1, 0.15) is 12.0 Å².